The van der Waals surface area contributed by atoms with Gasteiger partial charge in [-0.15, -0.1) is 24.2 Å². The van der Waals surface area contributed by atoms with Gasteiger partial charge >= 0.3 is 5.97 Å². The van der Waals surface area contributed by atoms with Crippen molar-refractivity contribution in [1.29, 1.82) is 5.26 Å². The van der Waals surface area contributed by atoms with Gasteiger partial charge in [0.2, 0.25) is 0 Å². The van der Waals surface area contributed by atoms with Crippen LogP contribution in [0.25, 0.3) is 0 Å². The van der Waals surface area contributed by atoms with E-state index in [1.165, 1.54) is 12.1 Å². The minimum atomic E-state index is -1.07. The average molecular weight is 228 g/mol. The SMILES string of the molecule is N#Cc1ccc(C(=O)O)c(CCl)c1S. The zero-order valence-corrected chi connectivity index (χ0v) is 8.64. The number of hydrogen-bond donors (Lipinski definition) is 2. The third-order valence-corrected chi connectivity index (χ3v) is 2.55. The number of carbonyl (C=O) groups is 1. The van der Waals surface area contributed by atoms with Crippen LogP contribution in [0, 0.1) is 11.3 Å². The molecule has 1 aromatic rings. The number of alkyl halides is 1. The molecule has 0 atom stereocenters. The Balaban J connectivity index is 3.45. The largest absolute Gasteiger partial charge is 0.478 e. The molecule has 0 fully saturated rings. The zero-order chi connectivity index (χ0) is 10.7. The Morgan fingerprint density at radius 3 is 2.71 bits per heavy atom. The van der Waals surface area contributed by atoms with Crippen molar-refractivity contribution in [2.75, 3.05) is 0 Å². The van der Waals surface area contributed by atoms with Crippen LogP contribution >= 0.6 is 24.2 Å². The Morgan fingerprint density at radius 1 is 1.64 bits per heavy atom. The van der Waals surface area contributed by atoms with Crippen LogP contribution in [0.1, 0.15) is 21.5 Å². The van der Waals surface area contributed by atoms with Crippen molar-refractivity contribution in [3.05, 3.63) is 28.8 Å². The van der Waals surface area contributed by atoms with Crippen LogP contribution in [-0.4, -0.2) is 11.1 Å². The van der Waals surface area contributed by atoms with Gasteiger partial charge in [-0.3, -0.25) is 0 Å². The summed E-state index contributed by atoms with van der Waals surface area (Å²) in [6.45, 7) is 0. The van der Waals surface area contributed by atoms with Crippen molar-refractivity contribution < 1.29 is 9.90 Å². The summed E-state index contributed by atoms with van der Waals surface area (Å²) < 4.78 is 0. The van der Waals surface area contributed by atoms with Crippen molar-refractivity contribution >= 4 is 30.2 Å². The molecule has 0 aliphatic heterocycles. The number of carboxylic acids is 1. The van der Waals surface area contributed by atoms with Crippen molar-refractivity contribution in [3.8, 4) is 6.07 Å². The van der Waals surface area contributed by atoms with E-state index in [1.807, 2.05) is 6.07 Å². The first-order chi connectivity index (χ1) is 6.61. The van der Waals surface area contributed by atoms with E-state index in [0.29, 0.717) is 16.0 Å². The predicted molar refractivity (Wildman–Crippen MR) is 54.9 cm³/mol. The summed E-state index contributed by atoms with van der Waals surface area (Å²) in [5, 5.41) is 17.5. The Hall–Kier alpha value is -1.18. The van der Waals surface area contributed by atoms with Gasteiger partial charge in [-0.25, -0.2) is 4.79 Å². The molecule has 0 aliphatic rings. The normalized spacial score (nSPS) is 9.50. The minimum Gasteiger partial charge on any atom is -0.478 e. The second-order valence-electron chi connectivity index (χ2n) is 2.54. The van der Waals surface area contributed by atoms with Crippen LogP contribution in [0.2, 0.25) is 0 Å². The number of carboxylic acid groups (broad SMARTS) is 1. The third kappa shape index (κ3) is 1.84. The Kier molecular flexibility index (Phi) is 3.39. The summed E-state index contributed by atoms with van der Waals surface area (Å²) >= 11 is 9.65. The van der Waals surface area contributed by atoms with Crippen LogP contribution in [0.3, 0.4) is 0 Å². The second kappa shape index (κ2) is 4.36. The monoisotopic (exact) mass is 227 g/mol. The summed E-state index contributed by atoms with van der Waals surface area (Å²) in [5.74, 6) is -1.05. The van der Waals surface area contributed by atoms with E-state index in [9.17, 15) is 4.79 Å². The van der Waals surface area contributed by atoms with E-state index < -0.39 is 5.97 Å². The van der Waals surface area contributed by atoms with Crippen LogP contribution in [0.5, 0.6) is 0 Å². The van der Waals surface area contributed by atoms with E-state index in [4.69, 9.17) is 22.0 Å². The molecule has 0 amide bonds. The maximum absolute atomic E-state index is 10.8. The van der Waals surface area contributed by atoms with Crippen LogP contribution in [0.15, 0.2) is 17.0 Å². The molecule has 0 radical (unpaired) electrons. The average Bonchev–Trinajstić information content (AvgIpc) is 2.17. The molecule has 0 bridgehead atoms. The molecule has 5 heteroatoms. The fourth-order valence-corrected chi connectivity index (χ4v) is 1.76. The summed E-state index contributed by atoms with van der Waals surface area (Å²) in [6, 6.07) is 4.69. The Bertz CT molecular complexity index is 426. The molecular weight excluding hydrogens is 222 g/mol. The predicted octanol–water partition coefficient (Wildman–Crippen LogP) is 2.28. The highest BCUT2D eigenvalue weighted by Crippen LogP contribution is 2.24. The number of benzene rings is 1. The molecule has 1 N–H and O–H groups in total. The Labute approximate surface area is 91.3 Å². The van der Waals surface area contributed by atoms with E-state index in [-0.39, 0.29) is 11.4 Å². The molecule has 3 nitrogen and oxygen atoms in total. The maximum atomic E-state index is 10.8. The third-order valence-electron chi connectivity index (χ3n) is 1.77. The van der Waals surface area contributed by atoms with E-state index in [2.05, 4.69) is 12.6 Å². The first-order valence-corrected chi connectivity index (χ1v) is 4.64. The highest BCUT2D eigenvalue weighted by atomic mass is 35.5. The molecule has 14 heavy (non-hydrogen) atoms. The smallest absolute Gasteiger partial charge is 0.336 e. The summed E-state index contributed by atoms with van der Waals surface area (Å²) in [6.07, 6.45) is 0. The minimum absolute atomic E-state index is 0.0238. The molecule has 0 saturated carbocycles. The van der Waals surface area contributed by atoms with E-state index in [0.717, 1.165) is 0 Å². The van der Waals surface area contributed by atoms with Gasteiger partial charge in [-0.2, -0.15) is 5.26 Å². The van der Waals surface area contributed by atoms with Gasteiger partial charge in [0.05, 0.1) is 11.1 Å². The van der Waals surface area contributed by atoms with Crippen LogP contribution in [-0.2, 0) is 5.88 Å². The number of rotatable bonds is 2. The summed E-state index contributed by atoms with van der Waals surface area (Å²) in [7, 11) is 0. The van der Waals surface area contributed by atoms with Crippen molar-refractivity contribution in [3.63, 3.8) is 0 Å². The topological polar surface area (TPSA) is 61.1 Å². The van der Waals surface area contributed by atoms with Gasteiger partial charge in [0.15, 0.2) is 0 Å². The molecule has 72 valence electrons. The van der Waals surface area contributed by atoms with Crippen molar-refractivity contribution in [2.24, 2.45) is 0 Å². The second-order valence-corrected chi connectivity index (χ2v) is 3.25. The zero-order valence-electron chi connectivity index (χ0n) is 6.99. The van der Waals surface area contributed by atoms with Gasteiger partial charge in [0, 0.05) is 10.8 Å². The number of nitriles is 1. The lowest BCUT2D eigenvalue weighted by Crippen LogP contribution is -2.03. The first kappa shape index (κ1) is 10.9. The highest BCUT2D eigenvalue weighted by molar-refractivity contribution is 7.80. The standard InChI is InChI=1S/C9H6ClNO2S/c10-3-7-6(9(12)13)2-1-5(4-11)8(7)14/h1-2,14H,3H2,(H,12,13). The number of hydrogen-bond acceptors (Lipinski definition) is 3. The van der Waals surface area contributed by atoms with E-state index in [1.54, 1.807) is 0 Å². The highest BCUT2D eigenvalue weighted by Gasteiger charge is 2.14. The maximum Gasteiger partial charge on any atom is 0.336 e. The lowest BCUT2D eigenvalue weighted by Gasteiger charge is -2.06. The summed E-state index contributed by atoms with van der Waals surface area (Å²) in [4.78, 5) is 11.1. The van der Waals surface area contributed by atoms with Gasteiger partial charge < -0.3 is 5.11 Å². The number of halogens is 1. The van der Waals surface area contributed by atoms with Crippen molar-refractivity contribution in [2.45, 2.75) is 10.8 Å². The van der Waals surface area contributed by atoms with Gasteiger partial charge in [0.1, 0.15) is 6.07 Å². The molecule has 1 rings (SSSR count). The summed E-state index contributed by atoms with van der Waals surface area (Å²) in [5.41, 5.74) is 0.791. The molecule has 0 heterocycles. The fraction of sp³-hybridized carbons (Fsp3) is 0.111. The van der Waals surface area contributed by atoms with Crippen LogP contribution < -0.4 is 0 Å². The number of nitrogens with zero attached hydrogens (tertiary/aromatic N) is 1. The van der Waals surface area contributed by atoms with Crippen LogP contribution in [0.4, 0.5) is 0 Å². The van der Waals surface area contributed by atoms with Crippen molar-refractivity contribution in [1.82, 2.24) is 0 Å². The fourth-order valence-electron chi connectivity index (χ4n) is 1.06. The molecule has 0 saturated heterocycles. The lowest BCUT2D eigenvalue weighted by atomic mass is 10.1. The van der Waals surface area contributed by atoms with Gasteiger partial charge in [-0.05, 0) is 17.7 Å². The van der Waals surface area contributed by atoms with E-state index >= 15 is 0 Å². The molecule has 0 aromatic heterocycles. The molecule has 0 aliphatic carbocycles. The van der Waals surface area contributed by atoms with Gasteiger partial charge in [-0.1, -0.05) is 0 Å². The molecule has 0 unspecified atom stereocenters. The lowest BCUT2D eigenvalue weighted by molar-refractivity contribution is 0.0695. The molecule has 1 aromatic carbocycles. The molecular formula is C9H6ClNO2S. The number of aromatic carboxylic acids is 1. The first-order valence-electron chi connectivity index (χ1n) is 3.66. The number of thiol groups is 1. The Morgan fingerprint density at radius 2 is 2.29 bits per heavy atom. The molecule has 0 spiro atoms. The quantitative estimate of drug-likeness (QED) is 0.602. The van der Waals surface area contributed by atoms with Gasteiger partial charge in [0.25, 0.3) is 0 Å².